The van der Waals surface area contributed by atoms with Gasteiger partial charge in [0.25, 0.3) is 0 Å². The third kappa shape index (κ3) is 1.13. The second-order valence-corrected chi connectivity index (χ2v) is 1.82. The van der Waals surface area contributed by atoms with Gasteiger partial charge in [0.1, 0.15) is 5.56 Å². The number of hydrogen-bond donors (Lipinski definition) is 1. The largest absolute Gasteiger partial charge is 0.381 e. The number of nitrogens with zero attached hydrogens (tertiary/aromatic N) is 1. The molecule has 4 heteroatoms. The monoisotopic (exact) mass is 154 g/mol. The summed E-state index contributed by atoms with van der Waals surface area (Å²) in [6.45, 7) is 0. The Kier molecular flexibility index (Phi) is 1.73. The summed E-state index contributed by atoms with van der Waals surface area (Å²) in [5.41, 5.74) is 4.54. The van der Waals surface area contributed by atoms with Crippen LogP contribution in [-0.4, -0.2) is 4.98 Å². The number of nitrogens with two attached hydrogens (primary N) is 1. The van der Waals surface area contributed by atoms with E-state index in [1.807, 2.05) is 5.92 Å². The maximum Gasteiger partial charge on any atom is 0.183 e. The van der Waals surface area contributed by atoms with Gasteiger partial charge in [-0.15, -0.1) is 6.42 Å². The van der Waals surface area contributed by atoms with Crippen LogP contribution in [0.25, 0.3) is 0 Å². The smallest absolute Gasteiger partial charge is 0.183 e. The van der Waals surface area contributed by atoms with E-state index in [9.17, 15) is 8.78 Å². The zero-order chi connectivity index (χ0) is 8.43. The Hall–Kier alpha value is -1.63. The lowest BCUT2D eigenvalue weighted by Gasteiger charge is -1.97. The van der Waals surface area contributed by atoms with Crippen molar-refractivity contribution in [2.24, 2.45) is 0 Å². The molecule has 0 radical (unpaired) electrons. The van der Waals surface area contributed by atoms with Crippen molar-refractivity contribution in [1.29, 1.82) is 0 Å². The highest BCUT2D eigenvalue weighted by Crippen LogP contribution is 2.13. The molecule has 1 aromatic heterocycles. The second kappa shape index (κ2) is 2.54. The van der Waals surface area contributed by atoms with Crippen LogP contribution in [0.15, 0.2) is 6.20 Å². The minimum absolute atomic E-state index is 0.389. The van der Waals surface area contributed by atoms with Crippen molar-refractivity contribution in [3.8, 4) is 12.3 Å². The van der Waals surface area contributed by atoms with Gasteiger partial charge in [-0.25, -0.2) is 13.8 Å². The third-order valence-corrected chi connectivity index (χ3v) is 1.14. The van der Waals surface area contributed by atoms with E-state index < -0.39 is 17.2 Å². The maximum atomic E-state index is 12.7. The summed E-state index contributed by atoms with van der Waals surface area (Å²) in [5.74, 6) is -0.410. The van der Waals surface area contributed by atoms with Gasteiger partial charge in [-0.05, 0) is 0 Å². The lowest BCUT2D eigenvalue weighted by atomic mass is 10.2. The summed E-state index contributed by atoms with van der Waals surface area (Å²) in [7, 11) is 0. The molecule has 0 unspecified atom stereocenters. The first-order chi connectivity index (χ1) is 5.16. The lowest BCUT2D eigenvalue weighted by molar-refractivity contribution is 0.571. The van der Waals surface area contributed by atoms with E-state index >= 15 is 0 Å². The van der Waals surface area contributed by atoms with E-state index in [-0.39, 0.29) is 5.82 Å². The second-order valence-electron chi connectivity index (χ2n) is 1.82. The van der Waals surface area contributed by atoms with Crippen molar-refractivity contribution in [3.05, 3.63) is 23.4 Å². The summed E-state index contributed by atoms with van der Waals surface area (Å²) >= 11 is 0. The molecule has 0 aliphatic rings. The molecule has 0 aliphatic carbocycles. The molecule has 2 nitrogen and oxygen atoms in total. The van der Waals surface area contributed by atoms with Gasteiger partial charge in [-0.2, -0.15) is 0 Å². The molecule has 56 valence electrons. The molecule has 1 rings (SSSR count). The van der Waals surface area contributed by atoms with Gasteiger partial charge in [-0.3, -0.25) is 0 Å². The Bertz CT molecular complexity index is 328. The molecule has 0 aliphatic heterocycles. The van der Waals surface area contributed by atoms with E-state index in [4.69, 9.17) is 12.2 Å². The van der Waals surface area contributed by atoms with Crippen LogP contribution < -0.4 is 5.73 Å². The van der Waals surface area contributed by atoms with Crippen molar-refractivity contribution in [3.63, 3.8) is 0 Å². The molecule has 1 heterocycles. The fourth-order valence-electron chi connectivity index (χ4n) is 0.613. The SMILES string of the molecule is C#Cc1c(F)cnc(N)c1F. The Labute approximate surface area is 62.1 Å². The molecule has 11 heavy (non-hydrogen) atoms. The molecule has 0 aromatic carbocycles. The molecule has 0 bridgehead atoms. The van der Waals surface area contributed by atoms with E-state index in [1.165, 1.54) is 0 Å². The molecule has 0 saturated heterocycles. The molecule has 0 fully saturated rings. The highest BCUT2D eigenvalue weighted by atomic mass is 19.1. The van der Waals surface area contributed by atoms with E-state index in [0.29, 0.717) is 0 Å². The Morgan fingerprint density at radius 1 is 1.55 bits per heavy atom. The Morgan fingerprint density at radius 3 is 2.64 bits per heavy atom. The number of nitrogen functional groups attached to an aromatic ring is 1. The number of anilines is 1. The van der Waals surface area contributed by atoms with Gasteiger partial charge in [-0.1, -0.05) is 5.92 Å². The third-order valence-electron chi connectivity index (χ3n) is 1.14. The van der Waals surface area contributed by atoms with Crippen LogP contribution in [0.2, 0.25) is 0 Å². The van der Waals surface area contributed by atoms with Gasteiger partial charge >= 0.3 is 0 Å². The zero-order valence-electron chi connectivity index (χ0n) is 5.44. The Balaban J connectivity index is 3.44. The van der Waals surface area contributed by atoms with Gasteiger partial charge in [0.2, 0.25) is 0 Å². The van der Waals surface area contributed by atoms with Gasteiger partial charge in [0.15, 0.2) is 17.5 Å². The fraction of sp³-hybridized carbons (Fsp3) is 0. The minimum atomic E-state index is -0.979. The normalized spacial score (nSPS) is 9.18. The van der Waals surface area contributed by atoms with Crippen LogP contribution in [0.4, 0.5) is 14.6 Å². The molecule has 0 amide bonds. The van der Waals surface area contributed by atoms with Crippen LogP contribution >= 0.6 is 0 Å². The molecule has 0 spiro atoms. The summed E-state index contributed by atoms with van der Waals surface area (Å²) < 4.78 is 25.2. The predicted octanol–water partition coefficient (Wildman–Crippen LogP) is 0.923. The molecule has 0 atom stereocenters. The first-order valence-corrected chi connectivity index (χ1v) is 2.73. The van der Waals surface area contributed by atoms with E-state index in [0.717, 1.165) is 6.20 Å². The highest BCUT2D eigenvalue weighted by molar-refractivity contribution is 5.43. The van der Waals surface area contributed by atoms with Crippen LogP contribution in [0.3, 0.4) is 0 Å². The molecule has 2 N–H and O–H groups in total. The van der Waals surface area contributed by atoms with Crippen LogP contribution in [0.5, 0.6) is 0 Å². The van der Waals surface area contributed by atoms with Crippen molar-refractivity contribution < 1.29 is 8.78 Å². The van der Waals surface area contributed by atoms with Gasteiger partial charge in [0.05, 0.1) is 6.20 Å². The van der Waals surface area contributed by atoms with Gasteiger partial charge in [0, 0.05) is 0 Å². The predicted molar refractivity (Wildman–Crippen MR) is 36.5 cm³/mol. The molecule has 1 aromatic rings. The summed E-state index contributed by atoms with van der Waals surface area (Å²) in [6.07, 6.45) is 5.59. The Morgan fingerprint density at radius 2 is 2.18 bits per heavy atom. The quantitative estimate of drug-likeness (QED) is 0.564. The zero-order valence-corrected chi connectivity index (χ0v) is 5.44. The summed E-state index contributed by atoms with van der Waals surface area (Å²) in [5, 5.41) is 0. The average Bonchev–Trinajstić information content (AvgIpc) is 1.99. The van der Waals surface area contributed by atoms with Crippen molar-refractivity contribution in [2.45, 2.75) is 0 Å². The number of halogens is 2. The van der Waals surface area contributed by atoms with Crippen molar-refractivity contribution >= 4 is 5.82 Å². The summed E-state index contributed by atoms with van der Waals surface area (Å²) in [6, 6.07) is 0. The van der Waals surface area contributed by atoms with Crippen molar-refractivity contribution in [2.75, 3.05) is 5.73 Å². The highest BCUT2D eigenvalue weighted by Gasteiger charge is 2.09. The lowest BCUT2D eigenvalue weighted by Crippen LogP contribution is -2.00. The van der Waals surface area contributed by atoms with E-state index in [1.54, 1.807) is 0 Å². The van der Waals surface area contributed by atoms with E-state index in [2.05, 4.69) is 4.98 Å². The molecular formula is C7H4F2N2. The molecular weight excluding hydrogens is 150 g/mol. The first-order valence-electron chi connectivity index (χ1n) is 2.73. The summed E-state index contributed by atoms with van der Waals surface area (Å²) in [4.78, 5) is 3.22. The number of aromatic nitrogens is 1. The number of pyridine rings is 1. The number of hydrogen-bond acceptors (Lipinski definition) is 2. The van der Waals surface area contributed by atoms with Crippen LogP contribution in [0.1, 0.15) is 5.56 Å². The number of terminal acetylenes is 1. The maximum absolute atomic E-state index is 12.7. The van der Waals surface area contributed by atoms with Crippen LogP contribution in [0, 0.1) is 24.0 Å². The standard InChI is InChI=1S/C7H4F2N2/c1-2-4-5(8)3-11-7(10)6(4)9/h1,3H,(H2,10,11). The average molecular weight is 154 g/mol. The topological polar surface area (TPSA) is 38.9 Å². The molecule has 0 saturated carbocycles. The number of rotatable bonds is 0. The fourth-order valence-corrected chi connectivity index (χ4v) is 0.613. The van der Waals surface area contributed by atoms with Crippen LogP contribution in [-0.2, 0) is 0 Å². The first kappa shape index (κ1) is 7.48. The van der Waals surface area contributed by atoms with Gasteiger partial charge < -0.3 is 5.73 Å². The minimum Gasteiger partial charge on any atom is -0.381 e. The van der Waals surface area contributed by atoms with Crippen molar-refractivity contribution in [1.82, 2.24) is 4.98 Å².